The summed E-state index contributed by atoms with van der Waals surface area (Å²) < 4.78 is 13.0. The number of anilines is 3. The summed E-state index contributed by atoms with van der Waals surface area (Å²) in [5.41, 5.74) is 6.37. The first kappa shape index (κ1) is 20.6. The van der Waals surface area contributed by atoms with Gasteiger partial charge in [-0.25, -0.2) is 14.4 Å². The molecule has 4 aromatic rings. The fourth-order valence-corrected chi connectivity index (χ4v) is 3.00. The van der Waals surface area contributed by atoms with Gasteiger partial charge in [-0.05, 0) is 43.3 Å². The van der Waals surface area contributed by atoms with Crippen LogP contribution in [0, 0.1) is 22.9 Å². The number of fused-ring (bicyclic) bond motifs is 1. The number of para-hydroxylation sites is 1. The van der Waals surface area contributed by atoms with Crippen molar-refractivity contribution >= 4 is 39.8 Å². The SMILES string of the molecule is Cc1ccc2cccc(Nc3ncnc(NNC(=O)c4ccc(F)cc4)c3[N+](=O)[O-])c2n1. The zero-order valence-electron chi connectivity index (χ0n) is 16.7. The fraction of sp³-hybridized carbons (Fsp3) is 0.0476. The van der Waals surface area contributed by atoms with Crippen LogP contribution >= 0.6 is 0 Å². The standard InChI is InChI=1S/C21H16FN7O3/c1-12-5-6-13-3-2-4-16(17(13)25-12)26-19-18(29(31)32)20(24-11-23-19)27-28-21(30)14-7-9-15(22)10-8-14/h2-11H,1H3,(H,28,30)(H2,23,24,26,27). The number of carbonyl (C=O) groups excluding carboxylic acids is 1. The number of hydrogen-bond acceptors (Lipinski definition) is 8. The first-order chi connectivity index (χ1) is 15.4. The van der Waals surface area contributed by atoms with Crippen LogP contribution < -0.4 is 16.2 Å². The van der Waals surface area contributed by atoms with E-state index in [4.69, 9.17) is 0 Å². The Bertz CT molecular complexity index is 1330. The van der Waals surface area contributed by atoms with Crippen LogP contribution in [0.3, 0.4) is 0 Å². The number of nitro groups is 1. The van der Waals surface area contributed by atoms with Gasteiger partial charge in [-0.15, -0.1) is 0 Å². The van der Waals surface area contributed by atoms with Crippen molar-refractivity contribution in [2.75, 3.05) is 10.7 Å². The molecule has 0 aliphatic rings. The Balaban J connectivity index is 1.63. The minimum absolute atomic E-state index is 0.0839. The van der Waals surface area contributed by atoms with Gasteiger partial charge in [0.2, 0.25) is 11.6 Å². The number of rotatable bonds is 6. The Morgan fingerprint density at radius 1 is 1.03 bits per heavy atom. The van der Waals surface area contributed by atoms with Gasteiger partial charge in [-0.3, -0.25) is 30.7 Å². The van der Waals surface area contributed by atoms with Crippen LogP contribution in [0.5, 0.6) is 0 Å². The van der Waals surface area contributed by atoms with Crippen molar-refractivity contribution < 1.29 is 14.1 Å². The first-order valence-electron chi connectivity index (χ1n) is 9.37. The molecule has 4 rings (SSSR count). The number of nitrogens with zero attached hydrogens (tertiary/aromatic N) is 4. The molecule has 0 aliphatic carbocycles. The molecule has 160 valence electrons. The molecule has 11 heteroatoms. The van der Waals surface area contributed by atoms with Crippen molar-refractivity contribution in [3.63, 3.8) is 0 Å². The molecule has 2 heterocycles. The molecular formula is C21H16FN7O3. The lowest BCUT2D eigenvalue weighted by Gasteiger charge is -2.12. The highest BCUT2D eigenvalue weighted by molar-refractivity contribution is 5.95. The summed E-state index contributed by atoms with van der Waals surface area (Å²) in [4.78, 5) is 35.7. The molecule has 0 bridgehead atoms. The minimum Gasteiger partial charge on any atom is -0.332 e. The van der Waals surface area contributed by atoms with E-state index in [1.165, 1.54) is 12.1 Å². The molecule has 0 radical (unpaired) electrons. The largest absolute Gasteiger partial charge is 0.355 e. The first-order valence-corrected chi connectivity index (χ1v) is 9.37. The van der Waals surface area contributed by atoms with Crippen LogP contribution in [0.15, 0.2) is 60.9 Å². The van der Waals surface area contributed by atoms with Gasteiger partial charge in [-0.1, -0.05) is 18.2 Å². The van der Waals surface area contributed by atoms with Crippen LogP contribution in [-0.4, -0.2) is 25.8 Å². The Hall–Kier alpha value is -4.67. The molecule has 2 aromatic heterocycles. The van der Waals surface area contributed by atoms with Crippen LogP contribution in [-0.2, 0) is 0 Å². The molecule has 0 spiro atoms. The van der Waals surface area contributed by atoms with E-state index >= 15 is 0 Å². The monoisotopic (exact) mass is 433 g/mol. The molecule has 3 N–H and O–H groups in total. The van der Waals surface area contributed by atoms with Crippen LogP contribution in [0.25, 0.3) is 10.9 Å². The minimum atomic E-state index is -0.668. The number of aryl methyl sites for hydroxylation is 1. The van der Waals surface area contributed by atoms with Gasteiger partial charge in [0.15, 0.2) is 0 Å². The summed E-state index contributed by atoms with van der Waals surface area (Å²) in [7, 11) is 0. The van der Waals surface area contributed by atoms with Gasteiger partial charge in [0.25, 0.3) is 5.91 Å². The van der Waals surface area contributed by atoms with Gasteiger partial charge in [0.1, 0.15) is 12.1 Å². The molecular weight excluding hydrogens is 417 g/mol. The second kappa shape index (κ2) is 8.60. The maximum absolute atomic E-state index is 13.0. The van der Waals surface area contributed by atoms with Crippen molar-refractivity contribution in [2.45, 2.75) is 6.92 Å². The summed E-state index contributed by atoms with van der Waals surface area (Å²) in [6.45, 7) is 1.84. The van der Waals surface area contributed by atoms with E-state index in [1.807, 2.05) is 25.1 Å². The second-order valence-electron chi connectivity index (χ2n) is 6.72. The average Bonchev–Trinajstić information content (AvgIpc) is 2.78. The van der Waals surface area contributed by atoms with Crippen molar-refractivity contribution in [2.24, 2.45) is 0 Å². The van der Waals surface area contributed by atoms with E-state index in [1.54, 1.807) is 12.1 Å². The summed E-state index contributed by atoms with van der Waals surface area (Å²) >= 11 is 0. The predicted molar refractivity (Wildman–Crippen MR) is 116 cm³/mol. The van der Waals surface area contributed by atoms with E-state index in [0.717, 1.165) is 29.5 Å². The maximum Gasteiger partial charge on any atom is 0.355 e. The Morgan fingerprint density at radius 2 is 1.78 bits per heavy atom. The number of amides is 1. The van der Waals surface area contributed by atoms with Crippen LogP contribution in [0.4, 0.5) is 27.4 Å². The Kier molecular flexibility index (Phi) is 5.53. The van der Waals surface area contributed by atoms with Gasteiger partial charge in [0.05, 0.1) is 16.1 Å². The summed E-state index contributed by atoms with van der Waals surface area (Å²) in [6.07, 6.45) is 1.12. The molecule has 0 saturated carbocycles. The molecule has 0 atom stereocenters. The van der Waals surface area contributed by atoms with Crippen molar-refractivity contribution in [1.29, 1.82) is 0 Å². The molecule has 1 amide bonds. The number of carbonyl (C=O) groups is 1. The van der Waals surface area contributed by atoms with Gasteiger partial charge in [0, 0.05) is 16.6 Å². The molecule has 32 heavy (non-hydrogen) atoms. The van der Waals surface area contributed by atoms with Crippen LogP contribution in [0.1, 0.15) is 16.1 Å². The summed E-state index contributed by atoms with van der Waals surface area (Å²) in [6, 6.07) is 14.0. The highest BCUT2D eigenvalue weighted by Gasteiger charge is 2.24. The van der Waals surface area contributed by atoms with Crippen molar-refractivity contribution in [3.8, 4) is 0 Å². The third kappa shape index (κ3) is 4.26. The zero-order valence-corrected chi connectivity index (χ0v) is 16.7. The molecule has 0 saturated heterocycles. The number of benzene rings is 2. The number of halogens is 1. The Labute approximate surface area is 180 Å². The summed E-state index contributed by atoms with van der Waals surface area (Å²) in [5.74, 6) is -1.43. The van der Waals surface area contributed by atoms with Crippen molar-refractivity contribution in [3.05, 3.63) is 88.1 Å². The third-order valence-corrected chi connectivity index (χ3v) is 4.52. The van der Waals surface area contributed by atoms with E-state index < -0.39 is 22.3 Å². The third-order valence-electron chi connectivity index (χ3n) is 4.52. The van der Waals surface area contributed by atoms with Crippen molar-refractivity contribution in [1.82, 2.24) is 20.4 Å². The number of aromatic nitrogens is 3. The van der Waals surface area contributed by atoms with Gasteiger partial charge >= 0.3 is 5.69 Å². The van der Waals surface area contributed by atoms with E-state index in [2.05, 4.69) is 31.1 Å². The Morgan fingerprint density at radius 3 is 2.53 bits per heavy atom. The average molecular weight is 433 g/mol. The second-order valence-corrected chi connectivity index (χ2v) is 6.72. The van der Waals surface area contributed by atoms with E-state index in [-0.39, 0.29) is 17.2 Å². The van der Waals surface area contributed by atoms with E-state index in [9.17, 15) is 19.3 Å². The molecule has 2 aromatic carbocycles. The maximum atomic E-state index is 13.0. The highest BCUT2D eigenvalue weighted by Crippen LogP contribution is 2.32. The molecule has 0 fully saturated rings. The molecule has 0 aliphatic heterocycles. The number of pyridine rings is 1. The molecule has 0 unspecified atom stereocenters. The highest BCUT2D eigenvalue weighted by atomic mass is 19.1. The van der Waals surface area contributed by atoms with Gasteiger partial charge in [-0.2, -0.15) is 0 Å². The van der Waals surface area contributed by atoms with E-state index in [0.29, 0.717) is 11.2 Å². The topological polar surface area (TPSA) is 135 Å². The number of hydrogen-bond donors (Lipinski definition) is 3. The summed E-state index contributed by atoms with van der Waals surface area (Å²) in [5, 5.41) is 15.6. The predicted octanol–water partition coefficient (Wildman–Crippen LogP) is 3.88. The lowest BCUT2D eigenvalue weighted by atomic mass is 10.1. The fourth-order valence-electron chi connectivity index (χ4n) is 3.00. The quantitative estimate of drug-likeness (QED) is 0.308. The number of nitrogens with one attached hydrogen (secondary N) is 3. The van der Waals surface area contributed by atoms with Crippen LogP contribution in [0.2, 0.25) is 0 Å². The smallest absolute Gasteiger partial charge is 0.332 e. The van der Waals surface area contributed by atoms with Gasteiger partial charge < -0.3 is 5.32 Å². The normalized spacial score (nSPS) is 10.6. The number of hydrazine groups is 1. The zero-order chi connectivity index (χ0) is 22.7. The lowest BCUT2D eigenvalue weighted by molar-refractivity contribution is -0.383. The molecule has 10 nitrogen and oxygen atoms in total. The lowest BCUT2D eigenvalue weighted by Crippen LogP contribution is -2.30.